The first-order valence-corrected chi connectivity index (χ1v) is 3.96. The molecule has 0 fully saturated rings. The molecule has 0 aliphatic heterocycles. The second-order valence-electron chi connectivity index (χ2n) is 2.69. The first-order valence-electron chi connectivity index (χ1n) is 3.58. The Morgan fingerprint density at radius 2 is 2.21 bits per heavy atom. The highest BCUT2D eigenvalue weighted by atomic mass is 35.5. The average molecular weight is 227 g/mol. The number of hydrogen-bond donors (Lipinski definition) is 0. The van der Waals surface area contributed by atoms with Crippen molar-refractivity contribution in [3.63, 3.8) is 0 Å². The monoisotopic (exact) mass is 226 g/mol. The van der Waals surface area contributed by atoms with Crippen molar-refractivity contribution in [1.29, 1.82) is 0 Å². The first-order chi connectivity index (χ1) is 6.32. The lowest BCUT2D eigenvalue weighted by Gasteiger charge is -2.05. The second kappa shape index (κ2) is 3.61. The van der Waals surface area contributed by atoms with E-state index in [2.05, 4.69) is 4.98 Å². The van der Waals surface area contributed by atoms with Crippen LogP contribution in [0.4, 0.5) is 13.2 Å². The van der Waals surface area contributed by atoms with Gasteiger partial charge in [-0.15, -0.1) is 0 Å². The van der Waals surface area contributed by atoms with E-state index in [1.54, 1.807) is 0 Å². The molecule has 0 radical (unpaired) electrons. The Morgan fingerprint density at radius 1 is 1.64 bits per heavy atom. The Kier molecular flexibility index (Phi) is 2.84. The molecule has 0 aromatic carbocycles. The van der Waals surface area contributed by atoms with Crippen LogP contribution >= 0.6 is 11.6 Å². The zero-order valence-electron chi connectivity index (χ0n) is 7.10. The number of carbonyl (C=O) groups excluding carboxylic acids is 1. The number of aryl methyl sites for hydroxylation is 1. The topological polar surface area (TPSA) is 34.9 Å². The molecule has 0 saturated carbocycles. The second-order valence-corrected chi connectivity index (χ2v) is 3.05. The van der Waals surface area contributed by atoms with Crippen LogP contribution in [-0.2, 0) is 18.3 Å². The molecule has 14 heavy (non-hydrogen) atoms. The summed E-state index contributed by atoms with van der Waals surface area (Å²) in [5.41, 5.74) is 0.0639. The number of alkyl halides is 3. The van der Waals surface area contributed by atoms with Gasteiger partial charge in [-0.05, 0) is 0 Å². The summed E-state index contributed by atoms with van der Waals surface area (Å²) in [4.78, 5) is 14.2. The molecule has 3 nitrogen and oxygen atoms in total. The number of nitrogens with zero attached hydrogens (tertiary/aromatic N) is 2. The number of Topliss-reactive ketones (excluding diaryl/α,β-unsaturated/α-hetero) is 1. The molecule has 0 atom stereocenters. The van der Waals surface area contributed by atoms with Crippen molar-refractivity contribution >= 4 is 17.4 Å². The fourth-order valence-corrected chi connectivity index (χ4v) is 1.12. The Hall–Kier alpha value is -1.04. The standard InChI is InChI=1S/C7H6ClF3N2O/c1-13-3-12-6(8)4(13)2-5(14)7(9,10)11/h3H,2H2,1H3. The Balaban J connectivity index is 2.85. The van der Waals surface area contributed by atoms with E-state index in [0.717, 1.165) is 0 Å². The van der Waals surface area contributed by atoms with Gasteiger partial charge in [0, 0.05) is 7.05 Å². The summed E-state index contributed by atoms with van der Waals surface area (Å²) in [6.45, 7) is 0. The summed E-state index contributed by atoms with van der Waals surface area (Å²) < 4.78 is 36.9. The lowest BCUT2D eigenvalue weighted by atomic mass is 10.2. The van der Waals surface area contributed by atoms with Crippen LogP contribution in [0, 0.1) is 0 Å². The quantitative estimate of drug-likeness (QED) is 0.770. The van der Waals surface area contributed by atoms with E-state index in [0.29, 0.717) is 0 Å². The zero-order chi connectivity index (χ0) is 10.9. The van der Waals surface area contributed by atoms with Crippen LogP contribution in [-0.4, -0.2) is 21.5 Å². The fourth-order valence-electron chi connectivity index (χ4n) is 0.877. The molecule has 1 aromatic heterocycles. The van der Waals surface area contributed by atoms with E-state index in [4.69, 9.17) is 11.6 Å². The molecule has 0 spiro atoms. The van der Waals surface area contributed by atoms with Crippen LogP contribution in [0.1, 0.15) is 5.69 Å². The van der Waals surface area contributed by atoms with Crippen LogP contribution in [0.15, 0.2) is 6.33 Å². The van der Waals surface area contributed by atoms with Gasteiger partial charge >= 0.3 is 6.18 Å². The van der Waals surface area contributed by atoms with Crippen LogP contribution in [0.2, 0.25) is 5.15 Å². The first kappa shape index (κ1) is 11.0. The number of imidazole rings is 1. The largest absolute Gasteiger partial charge is 0.450 e. The predicted octanol–water partition coefficient (Wildman–Crippen LogP) is 1.75. The molecule has 0 aliphatic carbocycles. The average Bonchev–Trinajstić information content (AvgIpc) is 2.34. The number of carbonyl (C=O) groups is 1. The SMILES string of the molecule is Cn1cnc(Cl)c1CC(=O)C(F)(F)F. The van der Waals surface area contributed by atoms with Gasteiger partial charge in [-0.1, -0.05) is 11.6 Å². The van der Waals surface area contributed by atoms with Crippen molar-refractivity contribution in [2.75, 3.05) is 0 Å². The van der Waals surface area contributed by atoms with Gasteiger partial charge < -0.3 is 4.57 Å². The Labute approximate surface area is 82.5 Å². The number of ketones is 1. The summed E-state index contributed by atoms with van der Waals surface area (Å²) in [5.74, 6) is -1.83. The maximum atomic E-state index is 11.9. The van der Waals surface area contributed by atoms with E-state index in [1.165, 1.54) is 17.9 Å². The molecule has 1 heterocycles. The molecule has 0 unspecified atom stereocenters. The van der Waals surface area contributed by atoms with E-state index >= 15 is 0 Å². The van der Waals surface area contributed by atoms with Gasteiger partial charge in [-0.25, -0.2) is 4.98 Å². The normalized spacial score (nSPS) is 11.8. The van der Waals surface area contributed by atoms with Crippen molar-refractivity contribution in [3.8, 4) is 0 Å². The molecule has 0 bridgehead atoms. The van der Waals surface area contributed by atoms with Gasteiger partial charge in [0.15, 0.2) is 5.15 Å². The molecule has 1 rings (SSSR count). The predicted molar refractivity (Wildman–Crippen MR) is 43.0 cm³/mol. The minimum atomic E-state index is -4.83. The number of rotatable bonds is 2. The molecular weight excluding hydrogens is 221 g/mol. The molecular formula is C7H6ClF3N2O. The van der Waals surface area contributed by atoms with Crippen molar-refractivity contribution in [1.82, 2.24) is 9.55 Å². The zero-order valence-corrected chi connectivity index (χ0v) is 7.85. The van der Waals surface area contributed by atoms with Gasteiger partial charge in [0.1, 0.15) is 0 Å². The minimum Gasteiger partial charge on any atom is -0.336 e. The van der Waals surface area contributed by atoms with E-state index in [1.807, 2.05) is 0 Å². The highest BCUT2D eigenvalue weighted by molar-refractivity contribution is 6.30. The Bertz CT molecular complexity index is 339. The van der Waals surface area contributed by atoms with Gasteiger partial charge in [0.05, 0.1) is 18.4 Å². The molecule has 7 heteroatoms. The van der Waals surface area contributed by atoms with Gasteiger partial charge in [-0.2, -0.15) is 13.2 Å². The highest BCUT2D eigenvalue weighted by Gasteiger charge is 2.38. The Morgan fingerprint density at radius 3 is 2.57 bits per heavy atom. The van der Waals surface area contributed by atoms with Gasteiger partial charge in [0.25, 0.3) is 0 Å². The number of halogens is 4. The van der Waals surface area contributed by atoms with Crippen LogP contribution < -0.4 is 0 Å². The van der Waals surface area contributed by atoms with Gasteiger partial charge in [0.2, 0.25) is 5.78 Å². The highest BCUT2D eigenvalue weighted by Crippen LogP contribution is 2.21. The molecule has 1 aromatic rings. The number of hydrogen-bond acceptors (Lipinski definition) is 2. The molecule has 0 amide bonds. The van der Waals surface area contributed by atoms with Crippen LogP contribution in [0.25, 0.3) is 0 Å². The van der Waals surface area contributed by atoms with E-state index < -0.39 is 18.4 Å². The maximum absolute atomic E-state index is 11.9. The maximum Gasteiger partial charge on any atom is 0.450 e. The minimum absolute atomic E-state index is 0.0639. The summed E-state index contributed by atoms with van der Waals surface area (Å²) in [6, 6.07) is 0. The van der Waals surface area contributed by atoms with Crippen LogP contribution in [0.3, 0.4) is 0 Å². The van der Waals surface area contributed by atoms with Crippen molar-refractivity contribution in [3.05, 3.63) is 17.2 Å². The van der Waals surface area contributed by atoms with Crippen molar-refractivity contribution < 1.29 is 18.0 Å². The lowest BCUT2D eigenvalue weighted by Crippen LogP contribution is -2.25. The summed E-state index contributed by atoms with van der Waals surface area (Å²) in [6.07, 6.45) is -4.35. The summed E-state index contributed by atoms with van der Waals surface area (Å²) in [7, 11) is 1.47. The fraction of sp³-hybridized carbons (Fsp3) is 0.429. The molecule has 0 aliphatic rings. The van der Waals surface area contributed by atoms with E-state index in [-0.39, 0.29) is 10.8 Å². The van der Waals surface area contributed by atoms with Crippen molar-refractivity contribution in [2.45, 2.75) is 12.6 Å². The van der Waals surface area contributed by atoms with Gasteiger partial charge in [-0.3, -0.25) is 4.79 Å². The summed E-state index contributed by atoms with van der Waals surface area (Å²) in [5, 5.41) is -0.0786. The molecule has 78 valence electrons. The lowest BCUT2D eigenvalue weighted by molar-refractivity contribution is -0.170. The molecule has 0 saturated heterocycles. The number of aromatic nitrogens is 2. The third kappa shape index (κ3) is 2.25. The third-order valence-electron chi connectivity index (χ3n) is 1.65. The molecule has 0 N–H and O–H groups in total. The third-order valence-corrected chi connectivity index (χ3v) is 1.97. The van der Waals surface area contributed by atoms with Crippen LogP contribution in [0.5, 0.6) is 0 Å². The smallest absolute Gasteiger partial charge is 0.336 e. The summed E-state index contributed by atoms with van der Waals surface area (Å²) >= 11 is 5.49. The van der Waals surface area contributed by atoms with Crippen molar-refractivity contribution in [2.24, 2.45) is 7.05 Å². The van der Waals surface area contributed by atoms with E-state index in [9.17, 15) is 18.0 Å².